The Bertz CT molecular complexity index is 486. The molecule has 0 bridgehead atoms. The molecule has 2 rings (SSSR count). The van der Waals surface area contributed by atoms with Crippen LogP contribution in [0.15, 0.2) is 18.2 Å². The van der Waals surface area contributed by atoms with Gasteiger partial charge >= 0.3 is 0 Å². The minimum Gasteiger partial charge on any atom is -0.454 e. The summed E-state index contributed by atoms with van der Waals surface area (Å²) in [6.45, 7) is 6.87. The number of carbonyl (C=O) groups is 1. The highest BCUT2D eigenvalue weighted by molar-refractivity contribution is 5.81. The Morgan fingerprint density at radius 2 is 2.05 bits per heavy atom. The van der Waals surface area contributed by atoms with Gasteiger partial charge in [-0.2, -0.15) is 0 Å². The maximum absolute atomic E-state index is 12.1. The average molecular weight is 292 g/mol. The molecule has 0 saturated heterocycles. The lowest BCUT2D eigenvalue weighted by molar-refractivity contribution is -0.123. The lowest BCUT2D eigenvalue weighted by atomic mass is 10.1. The van der Waals surface area contributed by atoms with Crippen LogP contribution in [0.5, 0.6) is 11.5 Å². The zero-order chi connectivity index (χ0) is 15.2. The summed E-state index contributed by atoms with van der Waals surface area (Å²) in [5.74, 6) is 1.58. The van der Waals surface area contributed by atoms with E-state index in [4.69, 9.17) is 9.47 Å². The standard InChI is InChI=1S/C16H24N2O3/c1-4-13(5-2)18-16(19)11(3)17-9-12-7-6-8-14-15(12)21-10-20-14/h6-8,11,13,17H,4-5,9-10H2,1-3H3,(H,18,19). The topological polar surface area (TPSA) is 59.6 Å². The van der Waals surface area contributed by atoms with Crippen molar-refractivity contribution < 1.29 is 14.3 Å². The molecule has 1 atom stereocenters. The molecule has 0 aromatic heterocycles. The summed E-state index contributed by atoms with van der Waals surface area (Å²) >= 11 is 0. The SMILES string of the molecule is CCC(CC)NC(=O)C(C)NCc1cccc2c1OCO2. The number of rotatable bonds is 7. The van der Waals surface area contributed by atoms with E-state index >= 15 is 0 Å². The molecule has 0 spiro atoms. The summed E-state index contributed by atoms with van der Waals surface area (Å²) in [5, 5.41) is 6.28. The first-order valence-electron chi connectivity index (χ1n) is 7.56. The summed E-state index contributed by atoms with van der Waals surface area (Å²) in [4.78, 5) is 12.1. The maximum Gasteiger partial charge on any atom is 0.237 e. The first-order valence-corrected chi connectivity index (χ1v) is 7.56. The van der Waals surface area contributed by atoms with Crippen molar-refractivity contribution in [2.45, 2.75) is 52.2 Å². The van der Waals surface area contributed by atoms with Crippen LogP contribution < -0.4 is 20.1 Å². The molecule has 0 saturated carbocycles. The van der Waals surface area contributed by atoms with E-state index in [0.717, 1.165) is 29.9 Å². The Morgan fingerprint density at radius 3 is 2.76 bits per heavy atom. The molecule has 0 aliphatic carbocycles. The van der Waals surface area contributed by atoms with Crippen molar-refractivity contribution in [3.63, 3.8) is 0 Å². The number of ether oxygens (including phenoxy) is 2. The van der Waals surface area contributed by atoms with Gasteiger partial charge in [0.15, 0.2) is 11.5 Å². The van der Waals surface area contributed by atoms with Gasteiger partial charge in [-0.1, -0.05) is 26.0 Å². The molecular weight excluding hydrogens is 268 g/mol. The number of para-hydroxylation sites is 1. The second kappa shape index (κ2) is 7.31. The van der Waals surface area contributed by atoms with Gasteiger partial charge in [-0.15, -0.1) is 0 Å². The van der Waals surface area contributed by atoms with E-state index in [1.165, 1.54) is 0 Å². The van der Waals surface area contributed by atoms with Gasteiger partial charge in [0.1, 0.15) is 0 Å². The minimum absolute atomic E-state index is 0.0356. The van der Waals surface area contributed by atoms with Crippen molar-refractivity contribution >= 4 is 5.91 Å². The second-order valence-corrected chi connectivity index (χ2v) is 5.28. The van der Waals surface area contributed by atoms with Crippen molar-refractivity contribution in [1.29, 1.82) is 0 Å². The van der Waals surface area contributed by atoms with Gasteiger partial charge in [-0.25, -0.2) is 0 Å². The van der Waals surface area contributed by atoms with Crippen LogP contribution in [0.3, 0.4) is 0 Å². The van der Waals surface area contributed by atoms with Crippen LogP contribution in [0, 0.1) is 0 Å². The van der Waals surface area contributed by atoms with E-state index in [9.17, 15) is 4.79 Å². The molecule has 1 aromatic rings. The van der Waals surface area contributed by atoms with Crippen molar-refractivity contribution in [2.75, 3.05) is 6.79 Å². The predicted molar refractivity (Wildman–Crippen MR) is 81.4 cm³/mol. The van der Waals surface area contributed by atoms with Crippen molar-refractivity contribution in [3.8, 4) is 11.5 Å². The molecule has 1 heterocycles. The largest absolute Gasteiger partial charge is 0.454 e. The first-order chi connectivity index (χ1) is 10.2. The van der Waals surface area contributed by atoms with E-state index in [1.807, 2.05) is 25.1 Å². The summed E-state index contributed by atoms with van der Waals surface area (Å²) in [5.41, 5.74) is 1.01. The van der Waals surface area contributed by atoms with E-state index in [2.05, 4.69) is 24.5 Å². The van der Waals surface area contributed by atoms with Gasteiger partial charge in [0.05, 0.1) is 6.04 Å². The summed E-state index contributed by atoms with van der Waals surface area (Å²) < 4.78 is 10.8. The predicted octanol–water partition coefficient (Wildman–Crippen LogP) is 2.20. The summed E-state index contributed by atoms with van der Waals surface area (Å²) in [7, 11) is 0. The molecule has 1 aliphatic rings. The Morgan fingerprint density at radius 1 is 1.29 bits per heavy atom. The molecule has 1 aliphatic heterocycles. The van der Waals surface area contributed by atoms with E-state index in [1.54, 1.807) is 0 Å². The highest BCUT2D eigenvalue weighted by Crippen LogP contribution is 2.35. The molecule has 0 radical (unpaired) electrons. The van der Waals surface area contributed by atoms with Crippen LogP contribution in [-0.2, 0) is 11.3 Å². The lowest BCUT2D eigenvalue weighted by Gasteiger charge is -2.19. The fraction of sp³-hybridized carbons (Fsp3) is 0.562. The molecule has 5 nitrogen and oxygen atoms in total. The Balaban J connectivity index is 1.88. The quantitative estimate of drug-likeness (QED) is 0.809. The van der Waals surface area contributed by atoms with Crippen molar-refractivity contribution in [1.82, 2.24) is 10.6 Å². The third kappa shape index (κ3) is 3.88. The minimum atomic E-state index is -0.247. The molecule has 21 heavy (non-hydrogen) atoms. The van der Waals surface area contributed by atoms with Gasteiger partial charge in [0.2, 0.25) is 12.7 Å². The zero-order valence-electron chi connectivity index (χ0n) is 12.9. The third-order valence-electron chi connectivity index (χ3n) is 3.80. The van der Waals surface area contributed by atoms with E-state index in [-0.39, 0.29) is 24.8 Å². The normalized spacial score (nSPS) is 14.3. The molecule has 2 N–H and O–H groups in total. The molecule has 1 unspecified atom stereocenters. The second-order valence-electron chi connectivity index (χ2n) is 5.28. The zero-order valence-corrected chi connectivity index (χ0v) is 12.9. The van der Waals surface area contributed by atoms with Crippen molar-refractivity contribution in [3.05, 3.63) is 23.8 Å². The average Bonchev–Trinajstić information content (AvgIpc) is 2.98. The number of amides is 1. The fourth-order valence-corrected chi connectivity index (χ4v) is 2.30. The number of nitrogens with one attached hydrogen (secondary N) is 2. The monoisotopic (exact) mass is 292 g/mol. The Hall–Kier alpha value is -1.75. The van der Waals surface area contributed by atoms with Crippen LogP contribution in [-0.4, -0.2) is 24.8 Å². The number of hydrogen-bond acceptors (Lipinski definition) is 4. The van der Waals surface area contributed by atoms with Crippen LogP contribution in [0.1, 0.15) is 39.2 Å². The molecule has 5 heteroatoms. The number of hydrogen-bond donors (Lipinski definition) is 2. The highest BCUT2D eigenvalue weighted by atomic mass is 16.7. The first kappa shape index (κ1) is 15.6. The summed E-state index contributed by atoms with van der Waals surface area (Å²) in [6, 6.07) is 5.80. The van der Waals surface area contributed by atoms with E-state index in [0.29, 0.717) is 6.54 Å². The van der Waals surface area contributed by atoms with Gasteiger partial charge in [-0.05, 0) is 25.8 Å². The summed E-state index contributed by atoms with van der Waals surface area (Å²) in [6.07, 6.45) is 1.90. The van der Waals surface area contributed by atoms with Gasteiger partial charge < -0.3 is 20.1 Å². The lowest BCUT2D eigenvalue weighted by Crippen LogP contribution is -2.45. The number of fused-ring (bicyclic) bond motifs is 1. The van der Waals surface area contributed by atoms with Crippen LogP contribution >= 0.6 is 0 Å². The van der Waals surface area contributed by atoms with Crippen LogP contribution in [0.4, 0.5) is 0 Å². The number of benzene rings is 1. The fourth-order valence-electron chi connectivity index (χ4n) is 2.30. The maximum atomic E-state index is 12.1. The van der Waals surface area contributed by atoms with Gasteiger partial charge in [0, 0.05) is 18.2 Å². The molecule has 0 fully saturated rings. The third-order valence-corrected chi connectivity index (χ3v) is 3.80. The van der Waals surface area contributed by atoms with Crippen LogP contribution in [0.2, 0.25) is 0 Å². The number of carbonyl (C=O) groups excluding carboxylic acids is 1. The Kier molecular flexibility index (Phi) is 5.44. The molecule has 1 amide bonds. The van der Waals surface area contributed by atoms with E-state index < -0.39 is 0 Å². The molecular formula is C16H24N2O3. The Labute approximate surface area is 126 Å². The molecule has 116 valence electrons. The van der Waals surface area contributed by atoms with Crippen molar-refractivity contribution in [2.24, 2.45) is 0 Å². The smallest absolute Gasteiger partial charge is 0.237 e. The molecule has 1 aromatic carbocycles. The van der Waals surface area contributed by atoms with Gasteiger partial charge in [-0.3, -0.25) is 4.79 Å². The van der Waals surface area contributed by atoms with Gasteiger partial charge in [0.25, 0.3) is 0 Å². The highest BCUT2D eigenvalue weighted by Gasteiger charge is 2.19. The van der Waals surface area contributed by atoms with Crippen LogP contribution in [0.25, 0.3) is 0 Å².